The maximum absolute atomic E-state index is 12.9. The Kier molecular flexibility index (Phi) is 4.02. The highest BCUT2D eigenvalue weighted by Gasteiger charge is 2.39. The molecule has 5 nitrogen and oxygen atoms in total. The molecule has 0 N–H and O–H groups in total. The van der Waals surface area contributed by atoms with Gasteiger partial charge in [-0.2, -0.15) is 0 Å². The molecule has 1 aliphatic carbocycles. The van der Waals surface area contributed by atoms with Gasteiger partial charge in [0.1, 0.15) is 0 Å². The van der Waals surface area contributed by atoms with Crippen molar-refractivity contribution in [2.24, 2.45) is 11.8 Å². The Hall–Kier alpha value is -2.69. The third-order valence-corrected chi connectivity index (χ3v) is 5.64. The lowest BCUT2D eigenvalue weighted by Gasteiger charge is -2.35. The summed E-state index contributed by atoms with van der Waals surface area (Å²) in [5, 5.41) is 0. The second-order valence-electron chi connectivity index (χ2n) is 6.90. The lowest BCUT2D eigenvalue weighted by atomic mass is 9.67. The second-order valence-corrected chi connectivity index (χ2v) is 6.90. The number of hydrogen-bond donors (Lipinski definition) is 0. The van der Waals surface area contributed by atoms with Gasteiger partial charge in [-0.25, -0.2) is 0 Å². The van der Waals surface area contributed by atoms with Crippen LogP contribution in [0.25, 0.3) is 0 Å². The smallest absolute Gasteiger partial charge is 0.231 e. The van der Waals surface area contributed by atoms with Gasteiger partial charge in [0.15, 0.2) is 28.8 Å². The minimum atomic E-state index is -0.0824. The summed E-state index contributed by atoms with van der Waals surface area (Å²) < 4.78 is 21.9. The number of fused-ring (bicyclic) bond motifs is 2. The van der Waals surface area contributed by atoms with Crippen LogP contribution in [0.5, 0.6) is 23.0 Å². The molecule has 5 heteroatoms. The van der Waals surface area contributed by atoms with Crippen molar-refractivity contribution in [3.8, 4) is 23.0 Å². The molecule has 0 saturated carbocycles. The number of hydrogen-bond acceptors (Lipinski definition) is 5. The van der Waals surface area contributed by atoms with Gasteiger partial charge in [0.2, 0.25) is 6.79 Å². The molecule has 2 aromatic carbocycles. The largest absolute Gasteiger partial charge is 0.493 e. The molecule has 0 fully saturated rings. The fraction of sp³-hybridized carbons (Fsp3) is 0.381. The summed E-state index contributed by atoms with van der Waals surface area (Å²) in [7, 11) is 3.25. The maximum Gasteiger partial charge on any atom is 0.231 e. The van der Waals surface area contributed by atoms with Crippen molar-refractivity contribution in [3.05, 3.63) is 47.0 Å². The number of rotatable bonds is 3. The fourth-order valence-corrected chi connectivity index (χ4v) is 4.01. The molecule has 0 radical (unpaired) electrons. The lowest BCUT2D eigenvalue weighted by Crippen LogP contribution is -2.32. The number of ether oxygens (including phenoxy) is 4. The van der Waals surface area contributed by atoms with Crippen molar-refractivity contribution in [3.63, 3.8) is 0 Å². The summed E-state index contributed by atoms with van der Waals surface area (Å²) in [5.74, 6) is 3.00. The molecule has 2 aromatic rings. The lowest BCUT2D eigenvalue weighted by molar-refractivity contribution is 0.0866. The Morgan fingerprint density at radius 3 is 2.35 bits per heavy atom. The van der Waals surface area contributed by atoms with Crippen LogP contribution in [0.4, 0.5) is 0 Å². The van der Waals surface area contributed by atoms with Crippen molar-refractivity contribution in [1.29, 1.82) is 0 Å². The Morgan fingerprint density at radius 2 is 1.65 bits per heavy atom. The Labute approximate surface area is 152 Å². The van der Waals surface area contributed by atoms with Gasteiger partial charge < -0.3 is 18.9 Å². The van der Waals surface area contributed by atoms with E-state index in [0.717, 1.165) is 16.7 Å². The van der Waals surface area contributed by atoms with Crippen molar-refractivity contribution >= 4 is 5.78 Å². The van der Waals surface area contributed by atoms with Crippen LogP contribution < -0.4 is 18.9 Å². The molecule has 4 rings (SSSR count). The maximum atomic E-state index is 12.9. The van der Waals surface area contributed by atoms with Crippen LogP contribution in [-0.4, -0.2) is 26.8 Å². The number of benzene rings is 2. The average molecular weight is 354 g/mol. The van der Waals surface area contributed by atoms with Gasteiger partial charge in [-0.1, -0.05) is 19.9 Å². The topological polar surface area (TPSA) is 54.0 Å². The van der Waals surface area contributed by atoms with E-state index in [0.29, 0.717) is 23.0 Å². The van der Waals surface area contributed by atoms with Gasteiger partial charge in [0.05, 0.1) is 14.2 Å². The van der Waals surface area contributed by atoms with Gasteiger partial charge in [-0.15, -0.1) is 0 Å². The molecule has 2 aliphatic rings. The standard InChI is InChI=1S/C21H22O5/c1-11-12(2)21(22)15-9-19-18(25-10-26-19)8-14(15)20(11)13-5-6-16(23-3)17(7-13)24-4/h5-9,11-12,20H,10H2,1-4H3/t11-,12+,20-/m1/s1. The predicted molar refractivity (Wildman–Crippen MR) is 96.6 cm³/mol. The third kappa shape index (κ3) is 2.42. The molecule has 0 amide bonds. The molecule has 0 bridgehead atoms. The zero-order valence-corrected chi connectivity index (χ0v) is 15.4. The van der Waals surface area contributed by atoms with Crippen molar-refractivity contribution < 1.29 is 23.7 Å². The highest BCUT2D eigenvalue weighted by molar-refractivity contribution is 6.01. The molecule has 0 unspecified atom stereocenters. The predicted octanol–water partition coefficient (Wildman–Crippen LogP) is 4.03. The third-order valence-electron chi connectivity index (χ3n) is 5.64. The summed E-state index contributed by atoms with van der Waals surface area (Å²) in [6.45, 7) is 4.31. The molecule has 26 heavy (non-hydrogen) atoms. The highest BCUT2D eigenvalue weighted by Crippen LogP contribution is 2.48. The van der Waals surface area contributed by atoms with Crippen molar-refractivity contribution in [2.75, 3.05) is 21.0 Å². The van der Waals surface area contributed by atoms with E-state index in [1.807, 2.05) is 37.3 Å². The van der Waals surface area contributed by atoms with Crippen molar-refractivity contribution in [2.45, 2.75) is 19.8 Å². The molecule has 1 aliphatic heterocycles. The van der Waals surface area contributed by atoms with E-state index >= 15 is 0 Å². The summed E-state index contributed by atoms with van der Waals surface area (Å²) in [6.07, 6.45) is 0. The van der Waals surface area contributed by atoms with Gasteiger partial charge in [-0.3, -0.25) is 4.79 Å². The van der Waals surface area contributed by atoms with Crippen LogP contribution in [0.1, 0.15) is 41.3 Å². The second kappa shape index (κ2) is 6.24. The summed E-state index contributed by atoms with van der Waals surface area (Å²) in [6, 6.07) is 9.74. The van der Waals surface area contributed by atoms with Gasteiger partial charge >= 0.3 is 0 Å². The number of ketones is 1. The molecule has 1 heterocycles. The first kappa shape index (κ1) is 16.8. The molecule has 136 valence electrons. The van der Waals surface area contributed by atoms with E-state index in [-0.39, 0.29) is 30.3 Å². The Morgan fingerprint density at radius 1 is 0.962 bits per heavy atom. The van der Waals surface area contributed by atoms with Gasteiger partial charge in [-0.05, 0) is 41.3 Å². The molecular weight excluding hydrogens is 332 g/mol. The van der Waals surface area contributed by atoms with E-state index in [1.54, 1.807) is 14.2 Å². The van der Waals surface area contributed by atoms with Crippen LogP contribution in [0, 0.1) is 11.8 Å². The molecular formula is C21H22O5. The summed E-state index contributed by atoms with van der Waals surface area (Å²) in [4.78, 5) is 12.9. The SMILES string of the molecule is COc1ccc([C@@H]2c3cc4c(cc3C(=O)[C@@H](C)[C@H]2C)OCO4)cc1OC. The van der Waals surface area contributed by atoms with Crippen LogP contribution in [-0.2, 0) is 0 Å². The first-order valence-corrected chi connectivity index (χ1v) is 8.74. The zero-order valence-electron chi connectivity index (χ0n) is 15.4. The number of carbonyl (C=O) groups excluding carboxylic acids is 1. The van der Waals surface area contributed by atoms with Crippen LogP contribution in [0.3, 0.4) is 0 Å². The van der Waals surface area contributed by atoms with Crippen LogP contribution >= 0.6 is 0 Å². The van der Waals surface area contributed by atoms with Crippen LogP contribution in [0.15, 0.2) is 30.3 Å². The monoisotopic (exact) mass is 354 g/mol. The van der Waals surface area contributed by atoms with E-state index in [9.17, 15) is 4.79 Å². The quantitative estimate of drug-likeness (QED) is 0.833. The summed E-state index contributed by atoms with van der Waals surface area (Å²) >= 11 is 0. The number of Topliss-reactive ketones (excluding diaryl/α,β-unsaturated/α-hetero) is 1. The van der Waals surface area contributed by atoms with E-state index in [2.05, 4.69) is 6.92 Å². The Balaban J connectivity index is 1.89. The van der Waals surface area contributed by atoms with E-state index < -0.39 is 0 Å². The summed E-state index contributed by atoms with van der Waals surface area (Å²) in [5.41, 5.74) is 2.80. The molecule has 0 aromatic heterocycles. The number of methoxy groups -OCH3 is 2. The first-order chi connectivity index (χ1) is 12.5. The molecule has 0 spiro atoms. The highest BCUT2D eigenvalue weighted by atomic mass is 16.7. The van der Waals surface area contributed by atoms with E-state index in [4.69, 9.17) is 18.9 Å². The normalized spacial score (nSPS) is 23.5. The Bertz CT molecular complexity index is 873. The van der Waals surface area contributed by atoms with Crippen molar-refractivity contribution in [1.82, 2.24) is 0 Å². The minimum absolute atomic E-state index is 0.0620. The molecule has 0 saturated heterocycles. The molecule has 3 atom stereocenters. The average Bonchev–Trinajstić information content (AvgIpc) is 3.12. The fourth-order valence-electron chi connectivity index (χ4n) is 4.01. The van der Waals surface area contributed by atoms with E-state index in [1.165, 1.54) is 0 Å². The minimum Gasteiger partial charge on any atom is -0.493 e. The van der Waals surface area contributed by atoms with Crippen LogP contribution in [0.2, 0.25) is 0 Å². The number of carbonyl (C=O) groups is 1. The van der Waals surface area contributed by atoms with Gasteiger partial charge in [0, 0.05) is 17.4 Å². The first-order valence-electron chi connectivity index (χ1n) is 8.74. The van der Waals surface area contributed by atoms with Gasteiger partial charge in [0.25, 0.3) is 0 Å². The zero-order chi connectivity index (χ0) is 18.4.